The lowest BCUT2D eigenvalue weighted by atomic mass is 10.1. The summed E-state index contributed by atoms with van der Waals surface area (Å²) in [6, 6.07) is 11.1. The Bertz CT molecular complexity index is 1150. The molecule has 0 radical (unpaired) electrons. The van der Waals surface area contributed by atoms with E-state index >= 15 is 0 Å². The number of piperazine rings is 1. The number of halogens is 2. The molecular weight excluding hydrogens is 449 g/mol. The summed E-state index contributed by atoms with van der Waals surface area (Å²) < 4.78 is 24.1. The largest absolute Gasteiger partial charge is 0.495 e. The highest BCUT2D eigenvalue weighted by molar-refractivity contribution is 6.32. The standard InChI is InChI=1S/C23H23ClFN5O3/c1-32-20-13-21(33-2)19(11-17(20)24)28-23(31)30-8-6-29(7-9-30)22-12-18(26-14-27-22)15-4-3-5-16(25)10-15/h3-5,10-14H,6-9H2,1-2H3,(H,28,31). The molecule has 172 valence electrons. The molecule has 2 heterocycles. The zero-order valence-electron chi connectivity index (χ0n) is 18.2. The molecule has 0 spiro atoms. The third-order valence-electron chi connectivity index (χ3n) is 5.38. The molecule has 1 aliphatic heterocycles. The Labute approximate surface area is 195 Å². The summed E-state index contributed by atoms with van der Waals surface area (Å²) in [7, 11) is 3.02. The number of anilines is 2. The molecule has 2 amide bonds. The number of methoxy groups -OCH3 is 2. The number of hydrogen-bond donors (Lipinski definition) is 1. The van der Waals surface area contributed by atoms with Gasteiger partial charge in [-0.2, -0.15) is 0 Å². The van der Waals surface area contributed by atoms with E-state index in [0.29, 0.717) is 59.6 Å². The third kappa shape index (κ3) is 5.09. The molecule has 0 aliphatic carbocycles. The van der Waals surface area contributed by atoms with E-state index < -0.39 is 0 Å². The van der Waals surface area contributed by atoms with E-state index in [4.69, 9.17) is 21.1 Å². The molecule has 8 nitrogen and oxygen atoms in total. The lowest BCUT2D eigenvalue weighted by molar-refractivity contribution is 0.208. The number of carbonyl (C=O) groups is 1. The molecule has 1 N–H and O–H groups in total. The summed E-state index contributed by atoms with van der Waals surface area (Å²) in [6.45, 7) is 2.18. The minimum atomic E-state index is -0.318. The number of aromatic nitrogens is 2. The van der Waals surface area contributed by atoms with E-state index in [2.05, 4.69) is 20.2 Å². The zero-order chi connectivity index (χ0) is 23.4. The average molecular weight is 472 g/mol. The molecule has 33 heavy (non-hydrogen) atoms. The monoisotopic (exact) mass is 471 g/mol. The Morgan fingerprint density at radius 3 is 2.48 bits per heavy atom. The van der Waals surface area contributed by atoms with Gasteiger partial charge in [0.2, 0.25) is 0 Å². The topological polar surface area (TPSA) is 79.8 Å². The summed E-state index contributed by atoms with van der Waals surface area (Å²) in [5.74, 6) is 1.33. The van der Waals surface area contributed by atoms with Crippen LogP contribution in [0, 0.1) is 5.82 Å². The van der Waals surface area contributed by atoms with Gasteiger partial charge in [-0.1, -0.05) is 23.7 Å². The quantitative estimate of drug-likeness (QED) is 0.597. The third-order valence-corrected chi connectivity index (χ3v) is 5.67. The fourth-order valence-corrected chi connectivity index (χ4v) is 3.86. The van der Waals surface area contributed by atoms with Crippen LogP contribution in [0.15, 0.2) is 48.8 Å². The summed E-state index contributed by atoms with van der Waals surface area (Å²) >= 11 is 6.20. The number of nitrogens with zero attached hydrogens (tertiary/aromatic N) is 4. The van der Waals surface area contributed by atoms with Gasteiger partial charge in [-0.3, -0.25) is 0 Å². The Kier molecular flexibility index (Phi) is 6.79. The van der Waals surface area contributed by atoms with Crippen molar-refractivity contribution >= 4 is 29.1 Å². The van der Waals surface area contributed by atoms with Gasteiger partial charge in [0.05, 0.1) is 30.6 Å². The lowest BCUT2D eigenvalue weighted by Crippen LogP contribution is -2.50. The van der Waals surface area contributed by atoms with Gasteiger partial charge in [-0.25, -0.2) is 19.2 Å². The molecule has 0 saturated carbocycles. The predicted molar refractivity (Wildman–Crippen MR) is 125 cm³/mol. The van der Waals surface area contributed by atoms with Gasteiger partial charge < -0.3 is 24.6 Å². The van der Waals surface area contributed by atoms with Gasteiger partial charge in [-0.15, -0.1) is 0 Å². The van der Waals surface area contributed by atoms with E-state index in [1.807, 2.05) is 6.07 Å². The van der Waals surface area contributed by atoms with Gasteiger partial charge in [0.1, 0.15) is 29.5 Å². The van der Waals surface area contributed by atoms with Crippen LogP contribution >= 0.6 is 11.6 Å². The molecule has 1 aliphatic rings. The summed E-state index contributed by atoms with van der Waals surface area (Å²) in [5.41, 5.74) is 1.79. The molecule has 1 aromatic heterocycles. The summed E-state index contributed by atoms with van der Waals surface area (Å²) in [5, 5.41) is 3.23. The maximum absolute atomic E-state index is 13.6. The van der Waals surface area contributed by atoms with Gasteiger partial charge in [0.25, 0.3) is 0 Å². The minimum Gasteiger partial charge on any atom is -0.495 e. The Hall–Kier alpha value is -3.59. The van der Waals surface area contributed by atoms with Crippen LogP contribution in [0.5, 0.6) is 11.5 Å². The highest BCUT2D eigenvalue weighted by Crippen LogP contribution is 2.36. The molecule has 1 saturated heterocycles. The van der Waals surface area contributed by atoms with Crippen molar-refractivity contribution in [2.45, 2.75) is 0 Å². The molecule has 2 aromatic carbocycles. The van der Waals surface area contributed by atoms with Crippen LogP contribution < -0.4 is 19.7 Å². The molecule has 1 fully saturated rings. The second kappa shape index (κ2) is 9.91. The fraction of sp³-hybridized carbons (Fsp3) is 0.261. The van der Waals surface area contributed by atoms with Crippen molar-refractivity contribution in [2.24, 2.45) is 0 Å². The number of rotatable bonds is 5. The predicted octanol–water partition coefficient (Wildman–Crippen LogP) is 4.31. The van der Waals surface area contributed by atoms with Crippen molar-refractivity contribution in [1.29, 1.82) is 0 Å². The van der Waals surface area contributed by atoms with Crippen LogP contribution in [-0.4, -0.2) is 61.3 Å². The molecule has 0 unspecified atom stereocenters. The van der Waals surface area contributed by atoms with Crippen LogP contribution in [-0.2, 0) is 0 Å². The fourth-order valence-electron chi connectivity index (χ4n) is 3.62. The Morgan fingerprint density at radius 2 is 1.79 bits per heavy atom. The highest BCUT2D eigenvalue weighted by Gasteiger charge is 2.23. The number of benzene rings is 2. The van der Waals surface area contributed by atoms with E-state index in [-0.39, 0.29) is 11.8 Å². The van der Waals surface area contributed by atoms with E-state index in [1.54, 1.807) is 29.2 Å². The van der Waals surface area contributed by atoms with Crippen molar-refractivity contribution < 1.29 is 18.7 Å². The summed E-state index contributed by atoms with van der Waals surface area (Å²) in [6.07, 6.45) is 1.47. The first-order chi connectivity index (χ1) is 16.0. The second-order valence-corrected chi connectivity index (χ2v) is 7.77. The molecule has 4 rings (SSSR count). The van der Waals surface area contributed by atoms with Crippen LogP contribution in [0.3, 0.4) is 0 Å². The van der Waals surface area contributed by atoms with Crippen molar-refractivity contribution in [1.82, 2.24) is 14.9 Å². The van der Waals surface area contributed by atoms with E-state index in [9.17, 15) is 9.18 Å². The van der Waals surface area contributed by atoms with Crippen molar-refractivity contribution in [3.05, 3.63) is 59.6 Å². The minimum absolute atomic E-state index is 0.252. The number of hydrogen-bond acceptors (Lipinski definition) is 6. The number of nitrogens with one attached hydrogen (secondary N) is 1. The number of ether oxygens (including phenoxy) is 2. The lowest BCUT2D eigenvalue weighted by Gasteiger charge is -2.35. The zero-order valence-corrected chi connectivity index (χ0v) is 19.0. The first-order valence-electron chi connectivity index (χ1n) is 10.3. The maximum Gasteiger partial charge on any atom is 0.322 e. The maximum atomic E-state index is 13.6. The Morgan fingerprint density at radius 1 is 1.03 bits per heavy atom. The van der Waals surface area contributed by atoms with Crippen molar-refractivity contribution in [3.8, 4) is 22.8 Å². The van der Waals surface area contributed by atoms with E-state index in [0.717, 1.165) is 5.82 Å². The molecule has 0 atom stereocenters. The second-order valence-electron chi connectivity index (χ2n) is 7.36. The Balaban J connectivity index is 1.41. The molecule has 10 heteroatoms. The van der Waals surface area contributed by atoms with Gasteiger partial charge >= 0.3 is 6.03 Å². The van der Waals surface area contributed by atoms with Crippen molar-refractivity contribution in [3.63, 3.8) is 0 Å². The van der Waals surface area contributed by atoms with Crippen LogP contribution in [0.4, 0.5) is 20.7 Å². The van der Waals surface area contributed by atoms with Crippen LogP contribution in [0.25, 0.3) is 11.3 Å². The van der Waals surface area contributed by atoms with Gasteiger partial charge in [0, 0.05) is 43.9 Å². The normalized spacial score (nSPS) is 13.6. The van der Waals surface area contributed by atoms with E-state index in [1.165, 1.54) is 32.7 Å². The molecule has 3 aromatic rings. The van der Waals surface area contributed by atoms with Crippen molar-refractivity contribution in [2.75, 3.05) is 50.6 Å². The number of urea groups is 1. The smallest absolute Gasteiger partial charge is 0.322 e. The van der Waals surface area contributed by atoms with Crippen LogP contribution in [0.1, 0.15) is 0 Å². The number of amides is 2. The van der Waals surface area contributed by atoms with Crippen LogP contribution in [0.2, 0.25) is 5.02 Å². The van der Waals surface area contributed by atoms with Gasteiger partial charge in [0.15, 0.2) is 0 Å². The summed E-state index contributed by atoms with van der Waals surface area (Å²) in [4.78, 5) is 25.2. The number of carbonyl (C=O) groups excluding carboxylic acids is 1. The molecule has 0 bridgehead atoms. The highest BCUT2D eigenvalue weighted by atomic mass is 35.5. The molecular formula is C23H23ClFN5O3. The SMILES string of the molecule is COc1cc(OC)c(NC(=O)N2CCN(c3cc(-c4cccc(F)c4)ncn3)CC2)cc1Cl. The van der Waals surface area contributed by atoms with Gasteiger partial charge in [-0.05, 0) is 18.2 Å². The average Bonchev–Trinajstić information content (AvgIpc) is 2.84. The first-order valence-corrected chi connectivity index (χ1v) is 10.7. The first kappa shape index (κ1) is 22.6.